The summed E-state index contributed by atoms with van der Waals surface area (Å²) in [5.74, 6) is 0. The van der Waals surface area contributed by atoms with Crippen LogP contribution in [0.15, 0.2) is 42.7 Å². The van der Waals surface area contributed by atoms with Crippen LogP contribution in [0.5, 0.6) is 0 Å². The fourth-order valence-corrected chi connectivity index (χ4v) is 1.90. The molecule has 2 atom stereocenters. The number of benzene rings is 1. The minimum absolute atomic E-state index is 0.330. The van der Waals surface area contributed by atoms with E-state index in [2.05, 4.69) is 42.6 Å². The molecule has 0 bridgehead atoms. The Morgan fingerprint density at radius 3 is 2.88 bits per heavy atom. The first-order valence-electron chi connectivity index (χ1n) is 5.95. The van der Waals surface area contributed by atoms with Gasteiger partial charge in [-0.1, -0.05) is 30.3 Å². The fourth-order valence-electron chi connectivity index (χ4n) is 1.90. The first-order chi connectivity index (χ1) is 7.86. The minimum atomic E-state index is 0.330. The molecule has 86 valence electrons. The summed E-state index contributed by atoms with van der Waals surface area (Å²) in [4.78, 5) is 0. The lowest BCUT2D eigenvalue weighted by atomic mass is 10.1. The van der Waals surface area contributed by atoms with Crippen LogP contribution < -0.4 is 5.32 Å². The summed E-state index contributed by atoms with van der Waals surface area (Å²) < 4.78 is 5.52. The van der Waals surface area contributed by atoms with Crippen molar-refractivity contribution in [1.82, 2.24) is 5.32 Å². The number of hydrogen-bond donors (Lipinski definition) is 1. The van der Waals surface area contributed by atoms with E-state index in [1.165, 1.54) is 5.56 Å². The third kappa shape index (κ3) is 3.11. The Bertz CT molecular complexity index is 334. The summed E-state index contributed by atoms with van der Waals surface area (Å²) in [6.45, 7) is 3.11. The molecule has 1 aliphatic heterocycles. The van der Waals surface area contributed by atoms with Gasteiger partial charge in [0.2, 0.25) is 0 Å². The lowest BCUT2D eigenvalue weighted by Gasteiger charge is -2.22. The van der Waals surface area contributed by atoms with E-state index in [4.69, 9.17) is 4.74 Å². The van der Waals surface area contributed by atoms with Crippen molar-refractivity contribution in [2.75, 3.05) is 6.54 Å². The number of allylic oxidation sites excluding steroid dienone is 1. The first kappa shape index (κ1) is 11.2. The molecule has 0 saturated carbocycles. The maximum atomic E-state index is 5.52. The van der Waals surface area contributed by atoms with Crippen LogP contribution in [0.25, 0.3) is 0 Å². The van der Waals surface area contributed by atoms with E-state index in [0.717, 1.165) is 19.4 Å². The monoisotopic (exact) mass is 217 g/mol. The van der Waals surface area contributed by atoms with Gasteiger partial charge < -0.3 is 10.1 Å². The molecular formula is C14H19NO. The van der Waals surface area contributed by atoms with Gasteiger partial charge in [-0.25, -0.2) is 0 Å². The largest absolute Gasteiger partial charge is 0.497 e. The van der Waals surface area contributed by atoms with E-state index in [-0.39, 0.29) is 0 Å². The Morgan fingerprint density at radius 2 is 2.19 bits per heavy atom. The number of rotatable bonds is 4. The van der Waals surface area contributed by atoms with Gasteiger partial charge in [0.15, 0.2) is 0 Å². The molecule has 1 aromatic rings. The molecule has 1 heterocycles. The van der Waals surface area contributed by atoms with Crippen molar-refractivity contribution in [2.45, 2.75) is 31.9 Å². The topological polar surface area (TPSA) is 21.3 Å². The highest BCUT2D eigenvalue weighted by molar-refractivity contribution is 5.18. The van der Waals surface area contributed by atoms with Gasteiger partial charge in [0.25, 0.3) is 0 Å². The van der Waals surface area contributed by atoms with Gasteiger partial charge >= 0.3 is 0 Å². The first-order valence-corrected chi connectivity index (χ1v) is 5.95. The lowest BCUT2D eigenvalue weighted by molar-refractivity contribution is 0.120. The molecule has 0 spiro atoms. The van der Waals surface area contributed by atoms with Crippen molar-refractivity contribution in [2.24, 2.45) is 0 Å². The normalized spacial score (nSPS) is 21.4. The number of hydrogen-bond acceptors (Lipinski definition) is 2. The molecule has 0 radical (unpaired) electrons. The van der Waals surface area contributed by atoms with E-state index in [1.54, 1.807) is 0 Å². The van der Waals surface area contributed by atoms with Crippen molar-refractivity contribution in [3.8, 4) is 0 Å². The molecule has 0 aromatic heterocycles. The van der Waals surface area contributed by atoms with Crippen molar-refractivity contribution in [3.63, 3.8) is 0 Å². The van der Waals surface area contributed by atoms with Crippen molar-refractivity contribution in [1.29, 1.82) is 0 Å². The summed E-state index contributed by atoms with van der Waals surface area (Å²) >= 11 is 0. The minimum Gasteiger partial charge on any atom is -0.497 e. The summed E-state index contributed by atoms with van der Waals surface area (Å²) in [6, 6.07) is 10.9. The molecule has 1 aromatic carbocycles. The molecule has 1 aliphatic rings. The quantitative estimate of drug-likeness (QED) is 0.837. The third-order valence-corrected chi connectivity index (χ3v) is 2.97. The SMILES string of the molecule is C[C@@H](NCC1CCC=CO1)c1ccccc1. The van der Waals surface area contributed by atoms with Crippen LogP contribution in [-0.2, 0) is 4.74 Å². The average molecular weight is 217 g/mol. The van der Waals surface area contributed by atoms with Crippen LogP contribution in [0.2, 0.25) is 0 Å². The molecule has 2 nitrogen and oxygen atoms in total. The van der Waals surface area contributed by atoms with E-state index in [0.29, 0.717) is 12.1 Å². The van der Waals surface area contributed by atoms with Crippen molar-refractivity contribution >= 4 is 0 Å². The Hall–Kier alpha value is -1.28. The fraction of sp³-hybridized carbons (Fsp3) is 0.429. The van der Waals surface area contributed by atoms with Gasteiger partial charge in [-0.2, -0.15) is 0 Å². The predicted octanol–water partition coefficient (Wildman–Crippen LogP) is 3.03. The van der Waals surface area contributed by atoms with Crippen LogP contribution in [0.4, 0.5) is 0 Å². The molecule has 0 amide bonds. The Labute approximate surface area is 97.3 Å². The molecule has 1 N–H and O–H groups in total. The van der Waals surface area contributed by atoms with Gasteiger partial charge in [0, 0.05) is 12.6 Å². The summed E-state index contributed by atoms with van der Waals surface area (Å²) in [6.07, 6.45) is 6.48. The maximum absolute atomic E-state index is 5.52. The highest BCUT2D eigenvalue weighted by Gasteiger charge is 2.12. The standard InChI is InChI=1S/C14H19NO/c1-12(13-7-3-2-4-8-13)15-11-14-9-5-6-10-16-14/h2-4,6-8,10,12,14-15H,5,9,11H2,1H3/t12-,14?/m1/s1. The zero-order chi connectivity index (χ0) is 11.2. The van der Waals surface area contributed by atoms with Gasteiger partial charge in [0.1, 0.15) is 6.10 Å². The van der Waals surface area contributed by atoms with Crippen LogP contribution in [0.3, 0.4) is 0 Å². The predicted molar refractivity (Wildman–Crippen MR) is 66.1 cm³/mol. The van der Waals surface area contributed by atoms with E-state index in [1.807, 2.05) is 12.3 Å². The zero-order valence-corrected chi connectivity index (χ0v) is 9.73. The average Bonchev–Trinajstić information content (AvgIpc) is 2.38. The number of ether oxygens (including phenoxy) is 1. The van der Waals surface area contributed by atoms with Crippen LogP contribution in [0, 0.1) is 0 Å². The van der Waals surface area contributed by atoms with Crippen molar-refractivity contribution < 1.29 is 4.74 Å². The van der Waals surface area contributed by atoms with Gasteiger partial charge in [0.05, 0.1) is 6.26 Å². The second kappa shape index (κ2) is 5.71. The molecule has 1 unspecified atom stereocenters. The molecule has 16 heavy (non-hydrogen) atoms. The van der Waals surface area contributed by atoms with E-state index in [9.17, 15) is 0 Å². The number of nitrogens with one attached hydrogen (secondary N) is 1. The zero-order valence-electron chi connectivity index (χ0n) is 9.73. The molecule has 0 fully saturated rings. The molecule has 2 rings (SSSR count). The highest BCUT2D eigenvalue weighted by Crippen LogP contribution is 2.13. The summed E-state index contributed by atoms with van der Waals surface area (Å²) in [5, 5.41) is 3.51. The third-order valence-electron chi connectivity index (χ3n) is 2.97. The van der Waals surface area contributed by atoms with Crippen molar-refractivity contribution in [3.05, 3.63) is 48.2 Å². The highest BCUT2D eigenvalue weighted by atomic mass is 16.5. The van der Waals surface area contributed by atoms with E-state index < -0.39 is 0 Å². The van der Waals surface area contributed by atoms with Gasteiger partial charge in [-0.15, -0.1) is 0 Å². The second-order valence-corrected chi connectivity index (χ2v) is 4.25. The summed E-state index contributed by atoms with van der Waals surface area (Å²) in [7, 11) is 0. The Kier molecular flexibility index (Phi) is 4.00. The molecular weight excluding hydrogens is 198 g/mol. The molecule has 2 heteroatoms. The van der Waals surface area contributed by atoms with Crippen LogP contribution in [0.1, 0.15) is 31.4 Å². The lowest BCUT2D eigenvalue weighted by Crippen LogP contribution is -2.30. The maximum Gasteiger partial charge on any atom is 0.110 e. The second-order valence-electron chi connectivity index (χ2n) is 4.25. The molecule has 0 aliphatic carbocycles. The van der Waals surface area contributed by atoms with Crippen LogP contribution in [-0.4, -0.2) is 12.6 Å². The Morgan fingerprint density at radius 1 is 1.38 bits per heavy atom. The Balaban J connectivity index is 1.79. The van der Waals surface area contributed by atoms with E-state index >= 15 is 0 Å². The van der Waals surface area contributed by atoms with Crippen LogP contribution >= 0.6 is 0 Å². The van der Waals surface area contributed by atoms with Gasteiger partial charge in [-0.05, 0) is 31.4 Å². The van der Waals surface area contributed by atoms with Gasteiger partial charge in [-0.3, -0.25) is 0 Å². The smallest absolute Gasteiger partial charge is 0.110 e. The summed E-state index contributed by atoms with van der Waals surface area (Å²) in [5.41, 5.74) is 1.33. The molecule has 0 saturated heterocycles.